The Morgan fingerprint density at radius 1 is 0.897 bits per heavy atom. The van der Waals surface area contributed by atoms with Crippen LogP contribution in [0.1, 0.15) is 24.0 Å². The molecule has 5 nitrogen and oxygen atoms in total. The summed E-state index contributed by atoms with van der Waals surface area (Å²) in [6.07, 6.45) is 0. The highest BCUT2D eigenvalue weighted by Crippen LogP contribution is 2.44. The molecule has 0 spiro atoms. The molecule has 1 heterocycles. The first-order valence-electron chi connectivity index (χ1n) is 9.54. The fourth-order valence-corrected chi connectivity index (χ4v) is 3.97. The first-order valence-corrected chi connectivity index (χ1v) is 9.54. The Kier molecular flexibility index (Phi) is 4.59. The largest absolute Gasteiger partial charge is 0.399 e. The fourth-order valence-electron chi connectivity index (χ4n) is 3.97. The lowest BCUT2D eigenvalue weighted by Gasteiger charge is -2.41. The van der Waals surface area contributed by atoms with E-state index in [2.05, 4.69) is 12.1 Å². The fraction of sp³-hybridized carbons (Fsp3) is 0.167. The number of likely N-dealkylation sites (N-methyl/N-ethyl adjacent to an activating group) is 1. The summed E-state index contributed by atoms with van der Waals surface area (Å²) in [7, 11) is 1.66. The minimum atomic E-state index is -0.850. The molecule has 29 heavy (non-hydrogen) atoms. The molecule has 4 rings (SSSR count). The monoisotopic (exact) mass is 384 g/mol. The van der Waals surface area contributed by atoms with E-state index in [0.29, 0.717) is 5.69 Å². The number of carbonyl (C=O) groups excluding carboxylic acids is 1. The van der Waals surface area contributed by atoms with E-state index in [1.807, 2.05) is 73.7 Å². The Morgan fingerprint density at radius 3 is 2.21 bits per heavy atom. The third-order valence-electron chi connectivity index (χ3n) is 5.65. The van der Waals surface area contributed by atoms with Crippen molar-refractivity contribution < 1.29 is 4.79 Å². The highest BCUT2D eigenvalue weighted by atomic mass is 16.2. The van der Waals surface area contributed by atoms with Gasteiger partial charge in [-0.2, -0.15) is 0 Å². The molecule has 0 aromatic heterocycles. The Balaban J connectivity index is 1.82. The number of rotatable bonds is 3. The highest BCUT2D eigenvalue weighted by molar-refractivity contribution is 6.02. The van der Waals surface area contributed by atoms with Crippen LogP contribution < -0.4 is 11.5 Å². The van der Waals surface area contributed by atoms with E-state index in [-0.39, 0.29) is 11.9 Å². The molecule has 1 amide bonds. The molecular weight excluding hydrogens is 360 g/mol. The van der Waals surface area contributed by atoms with Crippen LogP contribution in [0.5, 0.6) is 0 Å². The van der Waals surface area contributed by atoms with Crippen LogP contribution in [0.4, 0.5) is 5.69 Å². The van der Waals surface area contributed by atoms with Crippen molar-refractivity contribution in [1.82, 2.24) is 4.90 Å². The summed E-state index contributed by atoms with van der Waals surface area (Å²) >= 11 is 0. The van der Waals surface area contributed by atoms with Crippen molar-refractivity contribution >= 4 is 17.6 Å². The maximum atomic E-state index is 13.3. The first-order chi connectivity index (χ1) is 13.9. The van der Waals surface area contributed by atoms with Crippen LogP contribution in [-0.4, -0.2) is 23.8 Å². The number of anilines is 1. The van der Waals surface area contributed by atoms with Gasteiger partial charge in [-0.1, -0.05) is 66.7 Å². The predicted octanol–water partition coefficient (Wildman–Crippen LogP) is 3.72. The Hall–Kier alpha value is -3.60. The summed E-state index contributed by atoms with van der Waals surface area (Å²) in [5.74, 6) is -0.390. The van der Waals surface area contributed by atoms with Crippen molar-refractivity contribution in [2.45, 2.75) is 18.4 Å². The van der Waals surface area contributed by atoms with Crippen molar-refractivity contribution in [3.05, 3.63) is 90.0 Å². The van der Waals surface area contributed by atoms with Gasteiger partial charge in [-0.05, 0) is 41.3 Å². The first kappa shape index (κ1) is 18.7. The molecule has 0 aliphatic carbocycles. The molecular formula is C24H24N4O. The Labute approximate surface area is 170 Å². The number of amides is 1. The number of aliphatic imine (C=N–C) groups is 1. The smallest absolute Gasteiger partial charge is 0.239 e. The van der Waals surface area contributed by atoms with E-state index >= 15 is 0 Å². The summed E-state index contributed by atoms with van der Waals surface area (Å²) in [4.78, 5) is 19.5. The van der Waals surface area contributed by atoms with Crippen LogP contribution >= 0.6 is 0 Å². The summed E-state index contributed by atoms with van der Waals surface area (Å²) in [6, 6.07) is 25.7. The predicted molar refractivity (Wildman–Crippen MR) is 117 cm³/mol. The Bertz CT molecular complexity index is 1080. The molecule has 0 unspecified atom stereocenters. The zero-order chi connectivity index (χ0) is 20.6. The number of guanidine groups is 1. The maximum absolute atomic E-state index is 13.3. The maximum Gasteiger partial charge on any atom is 0.239 e. The van der Waals surface area contributed by atoms with Gasteiger partial charge >= 0.3 is 0 Å². The summed E-state index contributed by atoms with van der Waals surface area (Å²) in [5, 5.41) is 0. The molecule has 4 N–H and O–H groups in total. The van der Waals surface area contributed by atoms with Gasteiger partial charge in [0.05, 0.1) is 5.92 Å². The van der Waals surface area contributed by atoms with Crippen molar-refractivity contribution in [1.29, 1.82) is 0 Å². The molecule has 0 saturated carbocycles. The number of nitrogens with two attached hydrogens (primary N) is 2. The minimum absolute atomic E-state index is 0.0881. The van der Waals surface area contributed by atoms with Crippen LogP contribution in [0.15, 0.2) is 83.9 Å². The van der Waals surface area contributed by atoms with Crippen LogP contribution in [0.2, 0.25) is 0 Å². The van der Waals surface area contributed by atoms with Crippen molar-refractivity contribution in [2.24, 2.45) is 10.7 Å². The third kappa shape index (κ3) is 3.25. The summed E-state index contributed by atoms with van der Waals surface area (Å²) < 4.78 is 0. The molecule has 3 aromatic carbocycles. The standard InChI is InChI=1S/C24H24N4O/c1-24(19-9-6-10-20(25)15-19)21(22(29)28(2)23(26)27-24)18-13-11-17(12-14-18)16-7-4-3-5-8-16/h3-15,21H,25H2,1-2H3,(H2,26,27)/t21-,24-/m1/s1. The van der Waals surface area contributed by atoms with Gasteiger partial charge in [-0.15, -0.1) is 0 Å². The number of nitrogen functional groups attached to an aromatic ring is 1. The third-order valence-corrected chi connectivity index (χ3v) is 5.65. The van der Waals surface area contributed by atoms with E-state index in [0.717, 1.165) is 22.3 Å². The van der Waals surface area contributed by atoms with E-state index in [1.165, 1.54) is 4.90 Å². The van der Waals surface area contributed by atoms with Gasteiger partial charge in [-0.3, -0.25) is 9.69 Å². The molecule has 0 bridgehead atoms. The van der Waals surface area contributed by atoms with Gasteiger partial charge in [0.15, 0.2) is 5.96 Å². The second kappa shape index (κ2) is 7.09. The van der Waals surface area contributed by atoms with Crippen LogP contribution in [0.3, 0.4) is 0 Å². The molecule has 2 atom stereocenters. The zero-order valence-corrected chi connectivity index (χ0v) is 16.5. The number of benzene rings is 3. The average molecular weight is 384 g/mol. The van der Waals surface area contributed by atoms with Gasteiger partial charge in [0, 0.05) is 12.7 Å². The molecule has 0 saturated heterocycles. The SMILES string of the molecule is CN1C(=O)[C@@H](c2ccc(-c3ccccc3)cc2)[C@@](C)(c2cccc(N)c2)N=C1N. The van der Waals surface area contributed by atoms with Crippen molar-refractivity contribution in [3.63, 3.8) is 0 Å². The number of hydrogen-bond donors (Lipinski definition) is 2. The lowest BCUT2D eigenvalue weighted by molar-refractivity contribution is -0.130. The molecule has 1 aliphatic rings. The van der Waals surface area contributed by atoms with E-state index < -0.39 is 11.5 Å². The molecule has 5 heteroatoms. The average Bonchev–Trinajstić information content (AvgIpc) is 2.73. The number of hydrogen-bond acceptors (Lipinski definition) is 4. The summed E-state index contributed by atoms with van der Waals surface area (Å²) in [5.41, 5.74) is 15.9. The van der Waals surface area contributed by atoms with Crippen molar-refractivity contribution in [2.75, 3.05) is 12.8 Å². The molecule has 3 aromatic rings. The number of nitrogens with zero attached hydrogens (tertiary/aromatic N) is 2. The zero-order valence-electron chi connectivity index (χ0n) is 16.5. The van der Waals surface area contributed by atoms with Gasteiger partial charge < -0.3 is 11.5 Å². The second-order valence-corrected chi connectivity index (χ2v) is 7.56. The molecule has 0 fully saturated rings. The quantitative estimate of drug-likeness (QED) is 0.675. The lowest BCUT2D eigenvalue weighted by atomic mass is 9.74. The molecule has 1 aliphatic heterocycles. The highest BCUT2D eigenvalue weighted by Gasteiger charge is 2.47. The van der Waals surface area contributed by atoms with Crippen LogP contribution in [-0.2, 0) is 10.3 Å². The van der Waals surface area contributed by atoms with E-state index in [9.17, 15) is 4.79 Å². The van der Waals surface area contributed by atoms with Gasteiger partial charge in [0.2, 0.25) is 5.91 Å². The van der Waals surface area contributed by atoms with Gasteiger partial charge in [-0.25, -0.2) is 4.99 Å². The normalized spacial score (nSPS) is 21.7. The summed E-state index contributed by atoms with van der Waals surface area (Å²) in [6.45, 7) is 1.94. The lowest BCUT2D eigenvalue weighted by Crippen LogP contribution is -2.52. The van der Waals surface area contributed by atoms with E-state index in [4.69, 9.17) is 16.5 Å². The van der Waals surface area contributed by atoms with Gasteiger partial charge in [0.25, 0.3) is 0 Å². The molecule has 0 radical (unpaired) electrons. The Morgan fingerprint density at radius 2 is 1.55 bits per heavy atom. The number of carbonyl (C=O) groups is 1. The van der Waals surface area contributed by atoms with Crippen LogP contribution in [0.25, 0.3) is 11.1 Å². The second-order valence-electron chi connectivity index (χ2n) is 7.56. The topological polar surface area (TPSA) is 84.7 Å². The van der Waals surface area contributed by atoms with Gasteiger partial charge in [0.1, 0.15) is 5.54 Å². The van der Waals surface area contributed by atoms with Crippen molar-refractivity contribution in [3.8, 4) is 11.1 Å². The van der Waals surface area contributed by atoms with E-state index in [1.54, 1.807) is 7.05 Å². The molecule has 146 valence electrons. The minimum Gasteiger partial charge on any atom is -0.399 e. The van der Waals surface area contributed by atoms with Crippen LogP contribution in [0, 0.1) is 0 Å².